The van der Waals surface area contributed by atoms with Crippen LogP contribution in [0.15, 0.2) is 0 Å². The lowest BCUT2D eigenvalue weighted by molar-refractivity contribution is -0.131. The maximum absolute atomic E-state index is 12.1. The summed E-state index contributed by atoms with van der Waals surface area (Å²) in [5.41, 5.74) is 5.51. The van der Waals surface area contributed by atoms with E-state index in [1.54, 1.807) is 0 Å². The molecule has 4 heteroatoms. The Balaban J connectivity index is 1.95. The van der Waals surface area contributed by atoms with Gasteiger partial charge in [0, 0.05) is 6.04 Å². The molecule has 0 aromatic heterocycles. The van der Waals surface area contributed by atoms with Crippen molar-refractivity contribution in [3.8, 4) is 0 Å². The molecule has 0 bridgehead atoms. The van der Waals surface area contributed by atoms with Gasteiger partial charge in [0.1, 0.15) is 5.54 Å². The van der Waals surface area contributed by atoms with Crippen molar-refractivity contribution in [2.75, 3.05) is 6.61 Å². The predicted octanol–water partition coefficient (Wildman–Crippen LogP) is 2.60. The molecular formula is C17H32N2O2. The summed E-state index contributed by atoms with van der Waals surface area (Å²) >= 11 is 0. The molecule has 0 aromatic rings. The summed E-state index contributed by atoms with van der Waals surface area (Å²) in [4.78, 5) is 12.1. The zero-order valence-corrected chi connectivity index (χ0v) is 14.1. The minimum atomic E-state index is -0.666. The molecule has 2 aliphatic rings. The van der Waals surface area contributed by atoms with Gasteiger partial charge in [0.2, 0.25) is 5.91 Å². The van der Waals surface area contributed by atoms with E-state index in [2.05, 4.69) is 33.0 Å². The Hall–Kier alpha value is -0.610. The van der Waals surface area contributed by atoms with E-state index < -0.39 is 5.54 Å². The van der Waals surface area contributed by atoms with Crippen LogP contribution >= 0.6 is 0 Å². The van der Waals surface area contributed by atoms with E-state index in [1.165, 1.54) is 12.8 Å². The Kier molecular flexibility index (Phi) is 4.99. The van der Waals surface area contributed by atoms with E-state index in [1.807, 2.05) is 0 Å². The van der Waals surface area contributed by atoms with Crippen molar-refractivity contribution in [1.82, 2.24) is 5.32 Å². The first-order valence-corrected chi connectivity index (χ1v) is 8.44. The average molecular weight is 296 g/mol. The van der Waals surface area contributed by atoms with Crippen LogP contribution in [0.3, 0.4) is 0 Å². The maximum Gasteiger partial charge on any atom is 0.240 e. The fraction of sp³-hybridized carbons (Fsp3) is 0.941. The summed E-state index contributed by atoms with van der Waals surface area (Å²) < 4.78 is 6.14. The number of ether oxygens (including phenoxy) is 1. The SMILES string of the molecule is CC(C)NC(COC1CCC(C)(C)CC1)(C(N)=O)C1CC1. The Morgan fingerprint density at radius 1 is 1.29 bits per heavy atom. The van der Waals surface area contributed by atoms with Crippen LogP contribution in [-0.2, 0) is 9.53 Å². The molecule has 1 amide bonds. The fourth-order valence-electron chi connectivity index (χ4n) is 3.50. The molecule has 0 heterocycles. The highest BCUT2D eigenvalue weighted by Crippen LogP contribution is 2.41. The molecule has 21 heavy (non-hydrogen) atoms. The molecule has 1 unspecified atom stereocenters. The van der Waals surface area contributed by atoms with Crippen molar-refractivity contribution in [2.45, 2.75) is 83.9 Å². The summed E-state index contributed by atoms with van der Waals surface area (Å²) in [5, 5.41) is 3.41. The number of carbonyl (C=O) groups excluding carboxylic acids is 1. The highest BCUT2D eigenvalue weighted by molar-refractivity contribution is 5.85. The third-order valence-electron chi connectivity index (χ3n) is 5.09. The van der Waals surface area contributed by atoms with Gasteiger partial charge >= 0.3 is 0 Å². The molecule has 122 valence electrons. The zero-order chi connectivity index (χ0) is 15.7. The van der Waals surface area contributed by atoms with Crippen LogP contribution in [0.5, 0.6) is 0 Å². The quantitative estimate of drug-likeness (QED) is 0.759. The van der Waals surface area contributed by atoms with Gasteiger partial charge in [-0.25, -0.2) is 0 Å². The molecule has 2 fully saturated rings. The third-order valence-corrected chi connectivity index (χ3v) is 5.09. The first-order chi connectivity index (χ1) is 9.75. The van der Waals surface area contributed by atoms with Gasteiger partial charge in [0.25, 0.3) is 0 Å². The third kappa shape index (κ3) is 4.19. The number of hydrogen-bond donors (Lipinski definition) is 2. The largest absolute Gasteiger partial charge is 0.376 e. The second kappa shape index (κ2) is 6.25. The topological polar surface area (TPSA) is 64.3 Å². The van der Waals surface area contributed by atoms with Crippen molar-refractivity contribution in [3.05, 3.63) is 0 Å². The van der Waals surface area contributed by atoms with Crippen LogP contribution in [0, 0.1) is 11.3 Å². The minimum Gasteiger partial charge on any atom is -0.376 e. The van der Waals surface area contributed by atoms with Crippen LogP contribution < -0.4 is 11.1 Å². The average Bonchev–Trinajstić information content (AvgIpc) is 3.19. The molecule has 4 nitrogen and oxygen atoms in total. The number of rotatable bonds is 7. The molecule has 2 rings (SSSR count). The summed E-state index contributed by atoms with van der Waals surface area (Å²) in [6.07, 6.45) is 7.00. The molecule has 0 aliphatic heterocycles. The van der Waals surface area contributed by atoms with Crippen molar-refractivity contribution in [3.63, 3.8) is 0 Å². The fourth-order valence-corrected chi connectivity index (χ4v) is 3.50. The second-order valence-corrected chi connectivity index (χ2v) is 8.08. The van der Waals surface area contributed by atoms with Crippen LogP contribution in [0.4, 0.5) is 0 Å². The van der Waals surface area contributed by atoms with Gasteiger partial charge in [-0.1, -0.05) is 13.8 Å². The normalized spacial score (nSPS) is 25.8. The summed E-state index contributed by atoms with van der Waals surface area (Å²) in [7, 11) is 0. The van der Waals surface area contributed by atoms with Gasteiger partial charge in [-0.05, 0) is 63.7 Å². The maximum atomic E-state index is 12.1. The number of amides is 1. The molecule has 0 radical (unpaired) electrons. The van der Waals surface area contributed by atoms with Crippen LogP contribution in [-0.4, -0.2) is 30.2 Å². The standard InChI is InChI=1S/C17H32N2O2/c1-12(2)19-17(15(18)20,13-5-6-13)11-21-14-7-9-16(3,4)10-8-14/h12-14,19H,5-11H2,1-4H3,(H2,18,20). The van der Waals surface area contributed by atoms with Crippen LogP contribution in [0.1, 0.15) is 66.2 Å². The van der Waals surface area contributed by atoms with Crippen molar-refractivity contribution in [2.24, 2.45) is 17.1 Å². The lowest BCUT2D eigenvalue weighted by Crippen LogP contribution is -2.62. The lowest BCUT2D eigenvalue weighted by atomic mass is 9.76. The Bertz CT molecular complexity index is 367. The first-order valence-electron chi connectivity index (χ1n) is 8.44. The van der Waals surface area contributed by atoms with E-state index in [9.17, 15) is 4.79 Å². The smallest absolute Gasteiger partial charge is 0.240 e. The minimum absolute atomic E-state index is 0.229. The van der Waals surface area contributed by atoms with Gasteiger partial charge < -0.3 is 10.5 Å². The molecular weight excluding hydrogens is 264 g/mol. The Morgan fingerprint density at radius 3 is 2.29 bits per heavy atom. The molecule has 3 N–H and O–H groups in total. The molecule has 0 saturated heterocycles. The molecule has 0 spiro atoms. The summed E-state index contributed by atoms with van der Waals surface area (Å²) in [6.45, 7) is 9.19. The number of carbonyl (C=O) groups is 1. The van der Waals surface area contributed by atoms with Crippen LogP contribution in [0.2, 0.25) is 0 Å². The first kappa shape index (κ1) is 16.8. The molecule has 0 aromatic carbocycles. The molecule has 2 saturated carbocycles. The second-order valence-electron chi connectivity index (χ2n) is 8.08. The number of nitrogens with one attached hydrogen (secondary N) is 1. The van der Waals surface area contributed by atoms with Crippen molar-refractivity contribution in [1.29, 1.82) is 0 Å². The Labute approximate surface area is 129 Å². The number of nitrogens with two attached hydrogens (primary N) is 1. The highest BCUT2D eigenvalue weighted by Gasteiger charge is 2.50. The van der Waals surface area contributed by atoms with E-state index in [0.29, 0.717) is 17.9 Å². The van der Waals surface area contributed by atoms with E-state index >= 15 is 0 Å². The molecule has 1 atom stereocenters. The monoisotopic (exact) mass is 296 g/mol. The van der Waals surface area contributed by atoms with Crippen LogP contribution in [0.25, 0.3) is 0 Å². The lowest BCUT2D eigenvalue weighted by Gasteiger charge is -2.38. The zero-order valence-electron chi connectivity index (χ0n) is 14.1. The molecule has 2 aliphatic carbocycles. The Morgan fingerprint density at radius 2 is 1.86 bits per heavy atom. The van der Waals surface area contributed by atoms with Gasteiger partial charge in [-0.15, -0.1) is 0 Å². The van der Waals surface area contributed by atoms with Gasteiger partial charge in [-0.3, -0.25) is 10.1 Å². The van der Waals surface area contributed by atoms with E-state index in [0.717, 1.165) is 25.7 Å². The highest BCUT2D eigenvalue weighted by atomic mass is 16.5. The summed E-state index contributed by atoms with van der Waals surface area (Å²) in [5.74, 6) is 0.0901. The number of hydrogen-bond acceptors (Lipinski definition) is 3. The number of primary amides is 1. The van der Waals surface area contributed by atoms with E-state index in [-0.39, 0.29) is 18.1 Å². The van der Waals surface area contributed by atoms with Crippen molar-refractivity contribution >= 4 is 5.91 Å². The van der Waals surface area contributed by atoms with Gasteiger partial charge in [0.05, 0.1) is 12.7 Å². The van der Waals surface area contributed by atoms with Gasteiger partial charge in [0.15, 0.2) is 0 Å². The summed E-state index contributed by atoms with van der Waals surface area (Å²) in [6, 6.07) is 0.229. The predicted molar refractivity (Wildman–Crippen MR) is 84.9 cm³/mol. The van der Waals surface area contributed by atoms with E-state index in [4.69, 9.17) is 10.5 Å². The van der Waals surface area contributed by atoms with Crippen molar-refractivity contribution < 1.29 is 9.53 Å². The van der Waals surface area contributed by atoms with Gasteiger partial charge in [-0.2, -0.15) is 0 Å².